The predicted octanol–water partition coefficient (Wildman–Crippen LogP) is 2.22. The van der Waals surface area contributed by atoms with Crippen LogP contribution >= 0.6 is 0 Å². The first kappa shape index (κ1) is 10.5. The van der Waals surface area contributed by atoms with Gasteiger partial charge in [-0.05, 0) is 34.2 Å². The van der Waals surface area contributed by atoms with Crippen molar-refractivity contribution in [1.29, 1.82) is 0 Å². The molecule has 0 spiro atoms. The fraction of sp³-hybridized carbons (Fsp3) is 0.200. The molecule has 2 nitrogen and oxygen atoms in total. The van der Waals surface area contributed by atoms with Crippen LogP contribution in [0.5, 0.6) is 0 Å². The molecule has 0 heterocycles. The van der Waals surface area contributed by atoms with Crippen LogP contribution in [-0.2, 0) is 6.42 Å². The summed E-state index contributed by atoms with van der Waals surface area (Å²) in [5, 5.41) is 0. The Morgan fingerprint density at radius 3 is 2.59 bits per heavy atom. The van der Waals surface area contributed by atoms with Crippen LogP contribution in [0.25, 0.3) is 11.1 Å². The van der Waals surface area contributed by atoms with Crippen molar-refractivity contribution >= 4 is 0 Å². The zero-order valence-electron chi connectivity index (χ0n) is 9.69. The lowest BCUT2D eigenvalue weighted by Gasteiger charge is -2.10. The van der Waals surface area contributed by atoms with E-state index in [9.17, 15) is 0 Å². The molecule has 1 atom stereocenters. The molecule has 2 heteroatoms. The summed E-state index contributed by atoms with van der Waals surface area (Å²) in [5.41, 5.74) is 18.2. The average molecular weight is 224 g/mol. The Morgan fingerprint density at radius 1 is 1.00 bits per heavy atom. The SMILES string of the molecule is NC[C@@H](N)c1ccc2c(c1)Cc1ccccc1-2. The van der Waals surface area contributed by atoms with Gasteiger partial charge in [0.05, 0.1) is 0 Å². The molecule has 0 aromatic heterocycles. The fourth-order valence-corrected chi connectivity index (χ4v) is 2.53. The van der Waals surface area contributed by atoms with Gasteiger partial charge in [0, 0.05) is 12.6 Å². The molecule has 0 radical (unpaired) electrons. The first-order chi connectivity index (χ1) is 8.29. The van der Waals surface area contributed by atoms with Gasteiger partial charge in [0.2, 0.25) is 0 Å². The fourth-order valence-electron chi connectivity index (χ4n) is 2.53. The summed E-state index contributed by atoms with van der Waals surface area (Å²) in [6, 6.07) is 15.0. The van der Waals surface area contributed by atoms with Crippen LogP contribution < -0.4 is 11.5 Å². The molecule has 4 N–H and O–H groups in total. The monoisotopic (exact) mass is 224 g/mol. The van der Waals surface area contributed by atoms with Crippen molar-refractivity contribution in [2.45, 2.75) is 12.5 Å². The van der Waals surface area contributed by atoms with Crippen molar-refractivity contribution in [3.8, 4) is 11.1 Å². The molecule has 0 saturated heterocycles. The Morgan fingerprint density at radius 2 is 1.76 bits per heavy atom. The van der Waals surface area contributed by atoms with Crippen molar-refractivity contribution in [1.82, 2.24) is 0 Å². The third-order valence-corrected chi connectivity index (χ3v) is 3.50. The third kappa shape index (κ3) is 1.66. The average Bonchev–Trinajstić information content (AvgIpc) is 2.75. The molecular formula is C15H16N2. The van der Waals surface area contributed by atoms with E-state index in [4.69, 9.17) is 11.5 Å². The first-order valence-electron chi connectivity index (χ1n) is 5.96. The van der Waals surface area contributed by atoms with Crippen molar-refractivity contribution in [3.05, 3.63) is 59.2 Å². The van der Waals surface area contributed by atoms with E-state index in [2.05, 4.69) is 42.5 Å². The number of hydrogen-bond acceptors (Lipinski definition) is 2. The minimum Gasteiger partial charge on any atom is -0.329 e. The maximum atomic E-state index is 5.97. The second kappa shape index (κ2) is 3.99. The highest BCUT2D eigenvalue weighted by Gasteiger charge is 2.18. The molecular weight excluding hydrogens is 208 g/mol. The van der Waals surface area contributed by atoms with Gasteiger partial charge in [0.15, 0.2) is 0 Å². The molecule has 0 aliphatic heterocycles. The van der Waals surface area contributed by atoms with E-state index in [0.717, 1.165) is 12.0 Å². The van der Waals surface area contributed by atoms with Gasteiger partial charge in [0.25, 0.3) is 0 Å². The summed E-state index contributed by atoms with van der Waals surface area (Å²) >= 11 is 0. The number of benzene rings is 2. The summed E-state index contributed by atoms with van der Waals surface area (Å²) < 4.78 is 0. The molecule has 0 fully saturated rings. The quantitative estimate of drug-likeness (QED) is 0.701. The van der Waals surface area contributed by atoms with Gasteiger partial charge in [-0.15, -0.1) is 0 Å². The smallest absolute Gasteiger partial charge is 0.0419 e. The third-order valence-electron chi connectivity index (χ3n) is 3.50. The molecule has 17 heavy (non-hydrogen) atoms. The number of rotatable bonds is 2. The Labute approximate surface area is 101 Å². The van der Waals surface area contributed by atoms with Crippen LogP contribution in [0.2, 0.25) is 0 Å². The Kier molecular flexibility index (Phi) is 2.46. The van der Waals surface area contributed by atoms with E-state index in [-0.39, 0.29) is 6.04 Å². The molecule has 86 valence electrons. The van der Waals surface area contributed by atoms with E-state index in [1.165, 1.54) is 22.3 Å². The minimum atomic E-state index is -0.0518. The number of hydrogen-bond donors (Lipinski definition) is 2. The lowest BCUT2D eigenvalue weighted by molar-refractivity contribution is 0.736. The van der Waals surface area contributed by atoms with Gasteiger partial charge in [-0.3, -0.25) is 0 Å². The molecule has 0 saturated carbocycles. The van der Waals surface area contributed by atoms with Crippen LogP contribution in [0.1, 0.15) is 22.7 Å². The molecule has 3 rings (SSSR count). The van der Waals surface area contributed by atoms with Crippen molar-refractivity contribution in [3.63, 3.8) is 0 Å². The highest BCUT2D eigenvalue weighted by molar-refractivity contribution is 5.76. The van der Waals surface area contributed by atoms with Crippen molar-refractivity contribution in [2.24, 2.45) is 11.5 Å². The highest BCUT2D eigenvalue weighted by atomic mass is 14.7. The van der Waals surface area contributed by atoms with E-state index >= 15 is 0 Å². The molecule has 0 bridgehead atoms. The van der Waals surface area contributed by atoms with Crippen LogP contribution in [0.15, 0.2) is 42.5 Å². The topological polar surface area (TPSA) is 52.0 Å². The van der Waals surface area contributed by atoms with Crippen LogP contribution in [0, 0.1) is 0 Å². The summed E-state index contributed by atoms with van der Waals surface area (Å²) in [6.07, 6.45) is 1.01. The number of fused-ring (bicyclic) bond motifs is 3. The highest BCUT2D eigenvalue weighted by Crippen LogP contribution is 2.37. The van der Waals surface area contributed by atoms with Gasteiger partial charge in [-0.2, -0.15) is 0 Å². The number of nitrogens with two attached hydrogens (primary N) is 2. The van der Waals surface area contributed by atoms with E-state index in [1.807, 2.05) is 0 Å². The largest absolute Gasteiger partial charge is 0.329 e. The molecule has 2 aromatic rings. The Hall–Kier alpha value is -1.64. The van der Waals surface area contributed by atoms with Gasteiger partial charge in [0.1, 0.15) is 0 Å². The molecule has 0 amide bonds. The van der Waals surface area contributed by atoms with Gasteiger partial charge < -0.3 is 11.5 Å². The normalized spacial score (nSPS) is 14.2. The molecule has 2 aromatic carbocycles. The summed E-state index contributed by atoms with van der Waals surface area (Å²) in [5.74, 6) is 0. The van der Waals surface area contributed by atoms with Crippen LogP contribution in [0.3, 0.4) is 0 Å². The molecule has 1 aliphatic rings. The Balaban J connectivity index is 2.07. The second-order valence-corrected chi connectivity index (χ2v) is 4.59. The first-order valence-corrected chi connectivity index (χ1v) is 5.96. The Bertz CT molecular complexity index is 561. The summed E-state index contributed by atoms with van der Waals surface area (Å²) in [6.45, 7) is 0.492. The lowest BCUT2D eigenvalue weighted by Crippen LogP contribution is -2.20. The summed E-state index contributed by atoms with van der Waals surface area (Å²) in [7, 11) is 0. The van der Waals surface area contributed by atoms with Gasteiger partial charge >= 0.3 is 0 Å². The standard InChI is InChI=1S/C15H16N2/c16-9-15(17)11-5-6-14-12(8-11)7-10-3-1-2-4-13(10)14/h1-6,8,15H,7,9,16-17H2/t15-/m1/s1. The maximum absolute atomic E-state index is 5.97. The van der Waals surface area contributed by atoms with E-state index in [1.54, 1.807) is 0 Å². The molecule has 0 unspecified atom stereocenters. The van der Waals surface area contributed by atoms with Crippen LogP contribution in [-0.4, -0.2) is 6.54 Å². The van der Waals surface area contributed by atoms with E-state index < -0.39 is 0 Å². The van der Waals surface area contributed by atoms with Crippen molar-refractivity contribution < 1.29 is 0 Å². The van der Waals surface area contributed by atoms with Gasteiger partial charge in [-0.25, -0.2) is 0 Å². The predicted molar refractivity (Wildman–Crippen MR) is 70.7 cm³/mol. The van der Waals surface area contributed by atoms with E-state index in [0.29, 0.717) is 6.54 Å². The van der Waals surface area contributed by atoms with Crippen LogP contribution in [0.4, 0.5) is 0 Å². The summed E-state index contributed by atoms with van der Waals surface area (Å²) in [4.78, 5) is 0. The van der Waals surface area contributed by atoms with Gasteiger partial charge in [-0.1, -0.05) is 42.5 Å². The minimum absolute atomic E-state index is 0.0518. The molecule has 1 aliphatic carbocycles. The second-order valence-electron chi connectivity index (χ2n) is 4.59. The zero-order chi connectivity index (χ0) is 11.8. The van der Waals surface area contributed by atoms with Crippen molar-refractivity contribution in [2.75, 3.05) is 6.54 Å². The lowest BCUT2D eigenvalue weighted by atomic mass is 10.00. The maximum Gasteiger partial charge on any atom is 0.0419 e. The zero-order valence-corrected chi connectivity index (χ0v) is 9.69.